The Kier molecular flexibility index (Phi) is 4.90. The molecule has 0 saturated carbocycles. The Morgan fingerprint density at radius 3 is 2.64 bits per heavy atom. The number of nitrogens with zero attached hydrogens (tertiary/aromatic N) is 3. The molecular formula is C17H17N5O2S. The number of hydrogen-bond acceptors (Lipinski definition) is 5. The van der Waals surface area contributed by atoms with Crippen LogP contribution in [0, 0.1) is 0 Å². The topological polar surface area (TPSA) is 103 Å². The third-order valence-electron chi connectivity index (χ3n) is 3.67. The van der Waals surface area contributed by atoms with E-state index in [1.54, 1.807) is 6.20 Å². The van der Waals surface area contributed by atoms with Gasteiger partial charge in [0.05, 0.1) is 30.2 Å². The lowest BCUT2D eigenvalue weighted by atomic mass is 10.2. The third-order valence-corrected chi connectivity index (χ3v) is 4.60. The number of benzene rings is 1. The highest BCUT2D eigenvalue weighted by molar-refractivity contribution is 7.17. The summed E-state index contributed by atoms with van der Waals surface area (Å²) in [5, 5.41) is 7.37. The van der Waals surface area contributed by atoms with E-state index >= 15 is 0 Å². The molecule has 2 heterocycles. The molecule has 0 saturated heterocycles. The van der Waals surface area contributed by atoms with E-state index in [1.165, 1.54) is 6.20 Å². The van der Waals surface area contributed by atoms with Crippen molar-refractivity contribution >= 4 is 28.3 Å². The number of rotatable bonds is 6. The van der Waals surface area contributed by atoms with Crippen LogP contribution in [0.15, 0.2) is 42.7 Å². The van der Waals surface area contributed by atoms with Gasteiger partial charge in [-0.05, 0) is 12.0 Å². The third kappa shape index (κ3) is 3.74. The van der Waals surface area contributed by atoms with Gasteiger partial charge in [0.25, 0.3) is 11.8 Å². The average molecular weight is 355 g/mol. The molecule has 0 radical (unpaired) electrons. The number of hydrogen-bond donors (Lipinski definition) is 2. The van der Waals surface area contributed by atoms with Crippen molar-refractivity contribution < 1.29 is 9.59 Å². The molecule has 3 aromatic rings. The summed E-state index contributed by atoms with van der Waals surface area (Å²) in [7, 11) is 0. The average Bonchev–Trinajstić information content (AvgIpc) is 3.22. The van der Waals surface area contributed by atoms with E-state index in [0.29, 0.717) is 28.5 Å². The first-order valence-electron chi connectivity index (χ1n) is 7.74. The van der Waals surface area contributed by atoms with Crippen molar-refractivity contribution in [1.29, 1.82) is 0 Å². The van der Waals surface area contributed by atoms with Crippen molar-refractivity contribution in [3.05, 3.63) is 64.4 Å². The lowest BCUT2D eigenvalue weighted by molar-refractivity contribution is 0.100. The second-order valence-electron chi connectivity index (χ2n) is 5.35. The lowest BCUT2D eigenvalue weighted by Gasteiger charge is -2.08. The molecule has 0 aliphatic carbocycles. The second kappa shape index (κ2) is 7.27. The van der Waals surface area contributed by atoms with E-state index in [0.717, 1.165) is 22.6 Å². The van der Waals surface area contributed by atoms with Gasteiger partial charge in [0.2, 0.25) is 0 Å². The largest absolute Gasteiger partial charge is 0.365 e. The van der Waals surface area contributed by atoms with E-state index in [-0.39, 0.29) is 5.91 Å². The zero-order valence-electron chi connectivity index (χ0n) is 13.6. The van der Waals surface area contributed by atoms with Crippen LogP contribution in [-0.4, -0.2) is 26.6 Å². The molecular weight excluding hydrogens is 338 g/mol. The zero-order valence-corrected chi connectivity index (χ0v) is 14.4. The Balaban J connectivity index is 1.79. The summed E-state index contributed by atoms with van der Waals surface area (Å²) in [5.74, 6) is -0.871. The van der Waals surface area contributed by atoms with Gasteiger partial charge in [0, 0.05) is 0 Å². The monoisotopic (exact) mass is 355 g/mol. The van der Waals surface area contributed by atoms with E-state index in [1.807, 2.05) is 41.9 Å². The first kappa shape index (κ1) is 16.8. The number of primary amides is 1. The highest BCUT2D eigenvalue weighted by Gasteiger charge is 2.18. The predicted molar refractivity (Wildman–Crippen MR) is 95.7 cm³/mol. The summed E-state index contributed by atoms with van der Waals surface area (Å²) >= 11 is 1.04. The molecule has 2 aromatic heterocycles. The molecule has 0 atom stereocenters. The summed E-state index contributed by atoms with van der Waals surface area (Å²) < 4.78 is 1.82. The maximum atomic E-state index is 12.5. The van der Waals surface area contributed by atoms with Gasteiger partial charge in [-0.25, -0.2) is 4.98 Å². The Morgan fingerprint density at radius 1 is 1.24 bits per heavy atom. The maximum absolute atomic E-state index is 12.5. The smallest absolute Gasteiger partial charge is 0.260 e. The van der Waals surface area contributed by atoms with Crippen molar-refractivity contribution in [2.75, 3.05) is 5.32 Å². The lowest BCUT2D eigenvalue weighted by Crippen LogP contribution is -2.14. The summed E-state index contributed by atoms with van der Waals surface area (Å²) in [5.41, 5.74) is 7.64. The van der Waals surface area contributed by atoms with Crippen molar-refractivity contribution in [3.63, 3.8) is 0 Å². The van der Waals surface area contributed by atoms with Crippen molar-refractivity contribution in [3.8, 4) is 0 Å². The van der Waals surface area contributed by atoms with Gasteiger partial charge >= 0.3 is 0 Å². The molecule has 128 valence electrons. The van der Waals surface area contributed by atoms with E-state index < -0.39 is 5.91 Å². The summed E-state index contributed by atoms with van der Waals surface area (Å²) in [6, 6.07) is 9.93. The summed E-state index contributed by atoms with van der Waals surface area (Å²) in [6.07, 6.45) is 3.57. The molecule has 0 aliphatic rings. The number of nitrogens with two attached hydrogens (primary N) is 1. The van der Waals surface area contributed by atoms with Gasteiger partial charge in [-0.1, -0.05) is 48.6 Å². The van der Waals surface area contributed by atoms with Crippen LogP contribution < -0.4 is 11.1 Å². The number of carbonyl (C=O) groups excluding carboxylic acids is 2. The van der Waals surface area contributed by atoms with Crippen LogP contribution in [0.25, 0.3) is 0 Å². The van der Waals surface area contributed by atoms with Crippen molar-refractivity contribution in [2.45, 2.75) is 19.9 Å². The van der Waals surface area contributed by atoms with Crippen LogP contribution in [0.3, 0.4) is 0 Å². The molecule has 0 aliphatic heterocycles. The number of anilines is 1. The Morgan fingerprint density at radius 2 is 2.00 bits per heavy atom. The van der Waals surface area contributed by atoms with E-state index in [2.05, 4.69) is 15.4 Å². The fourth-order valence-corrected chi connectivity index (χ4v) is 3.14. The summed E-state index contributed by atoms with van der Waals surface area (Å²) in [4.78, 5) is 27.9. The molecule has 3 N–H and O–H groups in total. The van der Waals surface area contributed by atoms with Crippen molar-refractivity contribution in [1.82, 2.24) is 14.8 Å². The molecule has 0 spiro atoms. The maximum Gasteiger partial charge on any atom is 0.260 e. The molecule has 0 fully saturated rings. The SMILES string of the molecule is CCc1c(C(=O)Nc2ncc(C(N)=O)s2)cnn1Cc1ccccc1. The zero-order chi connectivity index (χ0) is 17.8. The molecule has 7 nitrogen and oxygen atoms in total. The molecule has 8 heteroatoms. The molecule has 0 bridgehead atoms. The Bertz CT molecular complexity index is 901. The van der Waals surface area contributed by atoms with E-state index in [9.17, 15) is 9.59 Å². The van der Waals surface area contributed by atoms with Gasteiger partial charge in [-0.2, -0.15) is 5.10 Å². The highest BCUT2D eigenvalue weighted by atomic mass is 32.1. The van der Waals surface area contributed by atoms with Crippen LogP contribution in [0.1, 0.15) is 38.2 Å². The molecule has 0 unspecified atom stereocenters. The predicted octanol–water partition coefficient (Wildman–Crippen LogP) is 2.30. The first-order chi connectivity index (χ1) is 12.1. The van der Waals surface area contributed by atoms with Crippen LogP contribution >= 0.6 is 11.3 Å². The standard InChI is InChI=1S/C17H17N5O2S/c1-2-13-12(8-20-22(13)10-11-6-4-3-5-7-11)16(24)21-17-19-9-14(25-17)15(18)23/h3-9H,2,10H2,1H3,(H2,18,23)(H,19,21,24). The molecule has 25 heavy (non-hydrogen) atoms. The van der Waals surface area contributed by atoms with Crippen LogP contribution in [0.4, 0.5) is 5.13 Å². The first-order valence-corrected chi connectivity index (χ1v) is 8.55. The molecule has 1 aromatic carbocycles. The molecule has 3 rings (SSSR count). The van der Waals surface area contributed by atoms with Gasteiger partial charge in [0.15, 0.2) is 5.13 Å². The number of carbonyl (C=O) groups is 2. The summed E-state index contributed by atoms with van der Waals surface area (Å²) in [6.45, 7) is 2.57. The number of aromatic nitrogens is 3. The fourth-order valence-electron chi connectivity index (χ4n) is 2.48. The Hall–Kier alpha value is -3.00. The van der Waals surface area contributed by atoms with Crippen LogP contribution in [0.2, 0.25) is 0 Å². The molecule has 2 amide bonds. The normalized spacial score (nSPS) is 10.6. The number of nitrogens with one attached hydrogen (secondary N) is 1. The van der Waals surface area contributed by atoms with Crippen LogP contribution in [0.5, 0.6) is 0 Å². The fraction of sp³-hybridized carbons (Fsp3) is 0.176. The second-order valence-corrected chi connectivity index (χ2v) is 6.38. The van der Waals surface area contributed by atoms with Gasteiger partial charge in [-0.15, -0.1) is 0 Å². The minimum absolute atomic E-state index is 0.297. The van der Waals surface area contributed by atoms with Crippen molar-refractivity contribution in [2.24, 2.45) is 5.73 Å². The highest BCUT2D eigenvalue weighted by Crippen LogP contribution is 2.20. The van der Waals surface area contributed by atoms with E-state index in [4.69, 9.17) is 5.73 Å². The Labute approximate surface area is 148 Å². The van der Waals surface area contributed by atoms with Crippen LogP contribution in [-0.2, 0) is 13.0 Å². The minimum atomic E-state index is -0.567. The minimum Gasteiger partial charge on any atom is -0.365 e. The number of amides is 2. The van der Waals surface area contributed by atoms with Gasteiger partial charge < -0.3 is 5.73 Å². The van der Waals surface area contributed by atoms with Gasteiger partial charge in [-0.3, -0.25) is 19.6 Å². The number of thiazole rings is 1. The van der Waals surface area contributed by atoms with Gasteiger partial charge in [0.1, 0.15) is 4.88 Å². The quantitative estimate of drug-likeness (QED) is 0.708.